The van der Waals surface area contributed by atoms with Crippen LogP contribution in [0.1, 0.15) is 26.2 Å². The van der Waals surface area contributed by atoms with Gasteiger partial charge in [0.25, 0.3) is 0 Å². The zero-order valence-electron chi connectivity index (χ0n) is 13.0. The third-order valence-corrected chi connectivity index (χ3v) is 3.42. The van der Waals surface area contributed by atoms with Crippen molar-refractivity contribution in [2.75, 3.05) is 18.5 Å². The fourth-order valence-corrected chi connectivity index (χ4v) is 2.23. The molecule has 0 saturated carbocycles. The molecule has 22 heavy (non-hydrogen) atoms. The van der Waals surface area contributed by atoms with Crippen LogP contribution in [0.4, 0.5) is 5.69 Å². The molecule has 0 aromatic heterocycles. The SMILES string of the molecule is CCOCCCCC(=O)Nc1ccc(-c2ccccc2)cc1. The molecule has 0 heterocycles. The second kappa shape index (κ2) is 9.00. The summed E-state index contributed by atoms with van der Waals surface area (Å²) in [6.07, 6.45) is 2.32. The summed E-state index contributed by atoms with van der Waals surface area (Å²) in [7, 11) is 0. The lowest BCUT2D eigenvalue weighted by Gasteiger charge is -2.07. The first-order valence-electron chi connectivity index (χ1n) is 7.82. The lowest BCUT2D eigenvalue weighted by atomic mass is 10.1. The first-order chi connectivity index (χ1) is 10.8. The number of amides is 1. The Morgan fingerprint density at radius 3 is 2.32 bits per heavy atom. The summed E-state index contributed by atoms with van der Waals surface area (Å²) in [5.74, 6) is 0.0592. The van der Waals surface area contributed by atoms with Gasteiger partial charge in [0.1, 0.15) is 0 Å². The van der Waals surface area contributed by atoms with E-state index < -0.39 is 0 Å². The predicted molar refractivity (Wildman–Crippen MR) is 90.9 cm³/mol. The van der Waals surface area contributed by atoms with Gasteiger partial charge in [0.15, 0.2) is 0 Å². The number of hydrogen-bond acceptors (Lipinski definition) is 2. The molecule has 2 aromatic rings. The van der Waals surface area contributed by atoms with Crippen molar-refractivity contribution in [3.8, 4) is 11.1 Å². The maximum Gasteiger partial charge on any atom is 0.224 e. The molecular formula is C19H23NO2. The molecule has 1 amide bonds. The summed E-state index contributed by atoms with van der Waals surface area (Å²) >= 11 is 0. The Bertz CT molecular complexity index is 564. The molecule has 0 atom stereocenters. The maximum atomic E-state index is 11.8. The number of benzene rings is 2. The van der Waals surface area contributed by atoms with Crippen molar-refractivity contribution in [3.63, 3.8) is 0 Å². The van der Waals surface area contributed by atoms with Gasteiger partial charge in [-0.25, -0.2) is 0 Å². The van der Waals surface area contributed by atoms with E-state index in [1.54, 1.807) is 0 Å². The van der Waals surface area contributed by atoms with E-state index in [1.165, 1.54) is 5.56 Å². The highest BCUT2D eigenvalue weighted by Crippen LogP contribution is 2.21. The Kier molecular flexibility index (Phi) is 6.65. The van der Waals surface area contributed by atoms with Crippen LogP contribution in [0.3, 0.4) is 0 Å². The van der Waals surface area contributed by atoms with E-state index in [0.717, 1.165) is 37.3 Å². The van der Waals surface area contributed by atoms with Crippen molar-refractivity contribution in [2.24, 2.45) is 0 Å². The average Bonchev–Trinajstić information content (AvgIpc) is 2.56. The van der Waals surface area contributed by atoms with E-state index >= 15 is 0 Å². The van der Waals surface area contributed by atoms with Gasteiger partial charge in [-0.3, -0.25) is 4.79 Å². The van der Waals surface area contributed by atoms with Gasteiger partial charge in [0.2, 0.25) is 5.91 Å². The highest BCUT2D eigenvalue weighted by Gasteiger charge is 2.03. The number of rotatable bonds is 8. The first-order valence-corrected chi connectivity index (χ1v) is 7.82. The minimum Gasteiger partial charge on any atom is -0.382 e. The van der Waals surface area contributed by atoms with Crippen LogP contribution in [0.2, 0.25) is 0 Å². The molecule has 3 nitrogen and oxygen atoms in total. The average molecular weight is 297 g/mol. The monoisotopic (exact) mass is 297 g/mol. The Hall–Kier alpha value is -2.13. The standard InChI is InChI=1S/C19H23NO2/c1-2-22-15-7-6-10-19(21)20-18-13-11-17(12-14-18)16-8-4-3-5-9-16/h3-5,8-9,11-14H,2,6-7,10,15H2,1H3,(H,20,21). The van der Waals surface area contributed by atoms with Gasteiger partial charge in [0.05, 0.1) is 0 Å². The minimum absolute atomic E-state index is 0.0592. The molecule has 0 spiro atoms. The predicted octanol–water partition coefficient (Wildman–Crippen LogP) is 4.50. The van der Waals surface area contributed by atoms with Crippen LogP contribution in [0.25, 0.3) is 11.1 Å². The summed E-state index contributed by atoms with van der Waals surface area (Å²) in [4.78, 5) is 11.8. The Morgan fingerprint density at radius 2 is 1.64 bits per heavy atom. The molecule has 0 saturated heterocycles. The molecule has 3 heteroatoms. The van der Waals surface area contributed by atoms with E-state index in [0.29, 0.717) is 6.42 Å². The number of hydrogen-bond donors (Lipinski definition) is 1. The minimum atomic E-state index is 0.0592. The number of ether oxygens (including phenoxy) is 1. The summed E-state index contributed by atoms with van der Waals surface area (Å²) in [6.45, 7) is 3.45. The van der Waals surface area contributed by atoms with Crippen LogP contribution >= 0.6 is 0 Å². The zero-order valence-corrected chi connectivity index (χ0v) is 13.0. The quantitative estimate of drug-likeness (QED) is 0.729. The number of carbonyl (C=O) groups excluding carboxylic acids is 1. The van der Waals surface area contributed by atoms with Gasteiger partial charge in [0, 0.05) is 25.3 Å². The molecule has 2 aromatic carbocycles. The van der Waals surface area contributed by atoms with Crippen LogP contribution in [-0.4, -0.2) is 19.1 Å². The molecular weight excluding hydrogens is 274 g/mol. The third kappa shape index (κ3) is 5.34. The van der Waals surface area contributed by atoms with Crippen LogP contribution in [-0.2, 0) is 9.53 Å². The molecule has 0 unspecified atom stereocenters. The number of carbonyl (C=O) groups is 1. The maximum absolute atomic E-state index is 11.8. The third-order valence-electron chi connectivity index (χ3n) is 3.42. The fraction of sp³-hybridized carbons (Fsp3) is 0.316. The van der Waals surface area contributed by atoms with Crippen molar-refractivity contribution in [3.05, 3.63) is 54.6 Å². The summed E-state index contributed by atoms with van der Waals surface area (Å²) in [5.41, 5.74) is 3.17. The van der Waals surface area contributed by atoms with Crippen molar-refractivity contribution in [2.45, 2.75) is 26.2 Å². The lowest BCUT2D eigenvalue weighted by Crippen LogP contribution is -2.11. The van der Waals surface area contributed by atoms with Crippen molar-refractivity contribution in [1.82, 2.24) is 0 Å². The highest BCUT2D eigenvalue weighted by atomic mass is 16.5. The van der Waals surface area contributed by atoms with Gasteiger partial charge in [-0.2, -0.15) is 0 Å². The van der Waals surface area contributed by atoms with Gasteiger partial charge >= 0.3 is 0 Å². The molecule has 0 fully saturated rings. The van der Waals surface area contributed by atoms with Crippen LogP contribution < -0.4 is 5.32 Å². The number of nitrogens with one attached hydrogen (secondary N) is 1. The zero-order chi connectivity index (χ0) is 15.6. The fourth-order valence-electron chi connectivity index (χ4n) is 2.23. The van der Waals surface area contributed by atoms with Gasteiger partial charge in [-0.05, 0) is 43.0 Å². The summed E-state index contributed by atoms with van der Waals surface area (Å²) in [6, 6.07) is 18.1. The molecule has 116 valence electrons. The second-order valence-electron chi connectivity index (χ2n) is 5.15. The summed E-state index contributed by atoms with van der Waals surface area (Å²) < 4.78 is 5.26. The topological polar surface area (TPSA) is 38.3 Å². The Morgan fingerprint density at radius 1 is 0.955 bits per heavy atom. The van der Waals surface area contributed by atoms with E-state index in [-0.39, 0.29) is 5.91 Å². The summed E-state index contributed by atoms with van der Waals surface area (Å²) in [5, 5.41) is 2.93. The van der Waals surface area contributed by atoms with Gasteiger partial charge < -0.3 is 10.1 Å². The van der Waals surface area contributed by atoms with Crippen molar-refractivity contribution >= 4 is 11.6 Å². The molecule has 0 aliphatic heterocycles. The molecule has 0 radical (unpaired) electrons. The van der Waals surface area contributed by atoms with Crippen LogP contribution in [0.15, 0.2) is 54.6 Å². The largest absolute Gasteiger partial charge is 0.382 e. The molecule has 0 aliphatic carbocycles. The smallest absolute Gasteiger partial charge is 0.224 e. The Labute approximate surface area is 132 Å². The Balaban J connectivity index is 1.80. The van der Waals surface area contributed by atoms with Gasteiger partial charge in [-0.1, -0.05) is 42.5 Å². The van der Waals surface area contributed by atoms with Gasteiger partial charge in [-0.15, -0.1) is 0 Å². The number of unbranched alkanes of at least 4 members (excludes halogenated alkanes) is 1. The first kappa shape index (κ1) is 16.2. The van der Waals surface area contributed by atoms with E-state index in [9.17, 15) is 4.79 Å². The normalized spacial score (nSPS) is 10.4. The lowest BCUT2D eigenvalue weighted by molar-refractivity contribution is -0.116. The van der Waals surface area contributed by atoms with E-state index in [1.807, 2.05) is 49.4 Å². The van der Waals surface area contributed by atoms with Crippen molar-refractivity contribution in [1.29, 1.82) is 0 Å². The molecule has 0 bridgehead atoms. The van der Waals surface area contributed by atoms with E-state index in [4.69, 9.17) is 4.74 Å². The van der Waals surface area contributed by atoms with Crippen LogP contribution in [0, 0.1) is 0 Å². The number of anilines is 1. The van der Waals surface area contributed by atoms with E-state index in [2.05, 4.69) is 17.4 Å². The second-order valence-corrected chi connectivity index (χ2v) is 5.15. The molecule has 0 aliphatic rings. The molecule has 1 N–H and O–H groups in total. The van der Waals surface area contributed by atoms with Crippen molar-refractivity contribution < 1.29 is 9.53 Å². The molecule has 2 rings (SSSR count). The van der Waals surface area contributed by atoms with Crippen LogP contribution in [0.5, 0.6) is 0 Å². The highest BCUT2D eigenvalue weighted by molar-refractivity contribution is 5.90.